The van der Waals surface area contributed by atoms with Crippen LogP contribution in [0.5, 0.6) is 0 Å². The van der Waals surface area contributed by atoms with Crippen LogP contribution in [-0.4, -0.2) is 55.0 Å². The Morgan fingerprint density at radius 3 is 2.50 bits per heavy atom. The van der Waals surface area contributed by atoms with E-state index >= 15 is 0 Å². The number of carbonyl (C=O) groups excluding carboxylic acids is 2. The van der Waals surface area contributed by atoms with E-state index in [1.54, 1.807) is 13.0 Å². The van der Waals surface area contributed by atoms with Gasteiger partial charge < -0.3 is 15.2 Å². The van der Waals surface area contributed by atoms with Crippen molar-refractivity contribution in [1.82, 2.24) is 9.62 Å². The highest BCUT2D eigenvalue weighted by Crippen LogP contribution is 2.28. The van der Waals surface area contributed by atoms with Crippen LogP contribution in [0, 0.1) is 20.8 Å². The minimum atomic E-state index is -4.02. The van der Waals surface area contributed by atoms with Crippen LogP contribution in [0.25, 0.3) is 0 Å². The lowest BCUT2D eigenvalue weighted by Crippen LogP contribution is -2.42. The minimum absolute atomic E-state index is 0.0449. The fourth-order valence-corrected chi connectivity index (χ4v) is 5.27. The summed E-state index contributed by atoms with van der Waals surface area (Å²) in [5, 5.41) is 12.7. The highest BCUT2D eigenvalue weighted by molar-refractivity contribution is 7.89. The Morgan fingerprint density at radius 2 is 1.81 bits per heavy atom. The third-order valence-corrected chi connectivity index (χ3v) is 7.54. The van der Waals surface area contributed by atoms with Gasteiger partial charge in [-0.2, -0.15) is 4.31 Å². The SMILES string of the molecule is Cc1ccc(S(=O)(=O)N2CC(O)C[C@H]2C(=O)OCC(=O)NCc2ccccc2C)cc1C. The lowest BCUT2D eigenvalue weighted by Gasteiger charge is -2.22. The smallest absolute Gasteiger partial charge is 0.325 e. The van der Waals surface area contributed by atoms with Crippen molar-refractivity contribution in [1.29, 1.82) is 0 Å². The van der Waals surface area contributed by atoms with Crippen molar-refractivity contribution < 1.29 is 27.9 Å². The number of rotatable bonds is 7. The molecule has 0 aliphatic carbocycles. The number of benzene rings is 2. The maximum atomic E-state index is 13.1. The number of aliphatic hydroxyl groups is 1. The van der Waals surface area contributed by atoms with Crippen LogP contribution in [0.2, 0.25) is 0 Å². The molecule has 1 heterocycles. The van der Waals surface area contributed by atoms with Gasteiger partial charge in [-0.15, -0.1) is 0 Å². The molecule has 2 aromatic rings. The van der Waals surface area contributed by atoms with Crippen molar-refractivity contribution in [3.63, 3.8) is 0 Å². The molecule has 8 nitrogen and oxygen atoms in total. The summed E-state index contributed by atoms with van der Waals surface area (Å²) in [5.74, 6) is -1.36. The van der Waals surface area contributed by atoms with E-state index in [0.29, 0.717) is 6.54 Å². The van der Waals surface area contributed by atoms with Gasteiger partial charge in [0.05, 0.1) is 11.0 Å². The van der Waals surface area contributed by atoms with Gasteiger partial charge in [-0.3, -0.25) is 9.59 Å². The van der Waals surface area contributed by atoms with Gasteiger partial charge in [-0.1, -0.05) is 30.3 Å². The Morgan fingerprint density at radius 1 is 1.09 bits per heavy atom. The highest BCUT2D eigenvalue weighted by atomic mass is 32.2. The molecule has 2 N–H and O–H groups in total. The van der Waals surface area contributed by atoms with Gasteiger partial charge in [0.25, 0.3) is 5.91 Å². The maximum Gasteiger partial charge on any atom is 0.325 e. The summed E-state index contributed by atoms with van der Waals surface area (Å²) in [7, 11) is -4.02. The lowest BCUT2D eigenvalue weighted by atomic mass is 10.1. The van der Waals surface area contributed by atoms with Crippen LogP contribution in [0.1, 0.15) is 28.7 Å². The largest absolute Gasteiger partial charge is 0.454 e. The van der Waals surface area contributed by atoms with E-state index in [1.165, 1.54) is 12.1 Å². The normalized spacial score (nSPS) is 19.0. The topological polar surface area (TPSA) is 113 Å². The number of nitrogens with one attached hydrogen (secondary N) is 1. The van der Waals surface area contributed by atoms with Crippen LogP contribution in [0.3, 0.4) is 0 Å². The minimum Gasteiger partial charge on any atom is -0.454 e. The van der Waals surface area contributed by atoms with E-state index in [1.807, 2.05) is 38.1 Å². The summed E-state index contributed by atoms with van der Waals surface area (Å²) < 4.78 is 32.3. The molecule has 1 unspecified atom stereocenters. The molecule has 0 bridgehead atoms. The first-order valence-electron chi connectivity index (χ1n) is 10.3. The zero-order chi connectivity index (χ0) is 23.5. The van der Waals surface area contributed by atoms with Crippen LogP contribution in [0.15, 0.2) is 47.4 Å². The predicted molar refractivity (Wildman–Crippen MR) is 118 cm³/mol. The molecule has 9 heteroatoms. The molecule has 0 aromatic heterocycles. The Hall–Kier alpha value is -2.75. The van der Waals surface area contributed by atoms with Crippen LogP contribution < -0.4 is 5.32 Å². The summed E-state index contributed by atoms with van der Waals surface area (Å²) in [6.07, 6.45) is -1.09. The fourth-order valence-electron chi connectivity index (χ4n) is 3.56. The average Bonchev–Trinajstić information content (AvgIpc) is 3.16. The van der Waals surface area contributed by atoms with Crippen molar-refractivity contribution in [2.45, 2.75) is 50.8 Å². The average molecular weight is 461 g/mol. The molecule has 0 spiro atoms. The fraction of sp³-hybridized carbons (Fsp3) is 0.391. The Labute approximate surface area is 188 Å². The standard InChI is InChI=1S/C23H28N2O6S/c1-15-8-9-20(10-17(15)3)32(29,30)25-13-19(26)11-21(25)23(28)31-14-22(27)24-12-18-7-5-4-6-16(18)2/h4-10,19,21,26H,11-14H2,1-3H3,(H,24,27)/t19?,21-/m0/s1. The first-order valence-corrected chi connectivity index (χ1v) is 11.8. The number of hydrogen-bond acceptors (Lipinski definition) is 6. The molecule has 2 atom stereocenters. The van der Waals surface area contributed by atoms with Crippen LogP contribution in [-0.2, 0) is 30.9 Å². The molecule has 32 heavy (non-hydrogen) atoms. The molecule has 1 saturated heterocycles. The number of ether oxygens (including phenoxy) is 1. The predicted octanol–water partition coefficient (Wildman–Crippen LogP) is 1.60. The van der Waals surface area contributed by atoms with Crippen LogP contribution >= 0.6 is 0 Å². The van der Waals surface area contributed by atoms with Crippen molar-refractivity contribution >= 4 is 21.9 Å². The number of esters is 1. The summed E-state index contributed by atoms with van der Waals surface area (Å²) in [5.41, 5.74) is 3.71. The number of nitrogens with zero attached hydrogens (tertiary/aromatic N) is 1. The first-order chi connectivity index (χ1) is 15.1. The molecule has 0 saturated carbocycles. The number of amides is 1. The Kier molecular flexibility index (Phi) is 7.33. The molecular formula is C23H28N2O6S. The molecule has 1 amide bonds. The van der Waals surface area contributed by atoms with Crippen molar-refractivity contribution in [3.05, 3.63) is 64.7 Å². The van der Waals surface area contributed by atoms with E-state index in [-0.39, 0.29) is 17.9 Å². The third kappa shape index (κ3) is 5.35. The van der Waals surface area contributed by atoms with Crippen molar-refractivity contribution in [2.75, 3.05) is 13.2 Å². The Bertz CT molecular complexity index is 1120. The second-order valence-corrected chi connectivity index (χ2v) is 9.93. The molecule has 172 valence electrons. The number of aliphatic hydroxyl groups excluding tert-OH is 1. The van der Waals surface area contributed by atoms with Crippen molar-refractivity contribution in [2.24, 2.45) is 0 Å². The van der Waals surface area contributed by atoms with Gasteiger partial charge in [0.1, 0.15) is 6.04 Å². The lowest BCUT2D eigenvalue weighted by molar-refractivity contribution is -0.151. The highest BCUT2D eigenvalue weighted by Gasteiger charge is 2.44. The molecule has 1 aliphatic heterocycles. The summed E-state index contributed by atoms with van der Waals surface area (Å²) in [6, 6.07) is 11.1. The van der Waals surface area contributed by atoms with E-state index in [9.17, 15) is 23.1 Å². The molecule has 2 aromatic carbocycles. The molecular weight excluding hydrogens is 432 g/mol. The van der Waals surface area contributed by atoms with E-state index < -0.39 is 40.7 Å². The summed E-state index contributed by atoms with van der Waals surface area (Å²) >= 11 is 0. The number of sulfonamides is 1. The second kappa shape index (κ2) is 9.81. The zero-order valence-electron chi connectivity index (χ0n) is 18.4. The zero-order valence-corrected chi connectivity index (χ0v) is 19.2. The summed E-state index contributed by atoms with van der Waals surface area (Å²) in [4.78, 5) is 24.8. The molecule has 1 aliphatic rings. The van der Waals surface area contributed by atoms with Gasteiger partial charge in [0.15, 0.2) is 6.61 Å². The monoisotopic (exact) mass is 460 g/mol. The van der Waals surface area contributed by atoms with Crippen LogP contribution in [0.4, 0.5) is 0 Å². The van der Waals surface area contributed by atoms with E-state index in [4.69, 9.17) is 4.74 Å². The second-order valence-electron chi connectivity index (χ2n) is 8.04. The van der Waals surface area contributed by atoms with Gasteiger partial charge in [0, 0.05) is 19.5 Å². The number of carbonyl (C=O) groups is 2. The third-order valence-electron chi connectivity index (χ3n) is 5.67. The van der Waals surface area contributed by atoms with Gasteiger partial charge in [-0.05, 0) is 55.2 Å². The number of aryl methyl sites for hydroxylation is 3. The van der Waals surface area contributed by atoms with E-state index in [2.05, 4.69) is 5.32 Å². The van der Waals surface area contributed by atoms with Gasteiger partial charge in [-0.25, -0.2) is 8.42 Å². The van der Waals surface area contributed by atoms with Gasteiger partial charge >= 0.3 is 5.97 Å². The Balaban J connectivity index is 1.63. The summed E-state index contributed by atoms with van der Waals surface area (Å²) in [6.45, 7) is 5.14. The quantitative estimate of drug-likeness (QED) is 0.607. The number of β-amino-alcohol motifs (C(OH)–C–C–N with tert-alkyl or cyclic N) is 1. The van der Waals surface area contributed by atoms with E-state index in [0.717, 1.165) is 26.6 Å². The maximum absolute atomic E-state index is 13.1. The molecule has 3 rings (SSSR count). The van der Waals surface area contributed by atoms with Gasteiger partial charge in [0.2, 0.25) is 10.0 Å². The molecule has 1 fully saturated rings. The molecule has 0 radical (unpaired) electrons. The number of hydrogen-bond donors (Lipinski definition) is 2. The van der Waals surface area contributed by atoms with Crippen molar-refractivity contribution in [3.8, 4) is 0 Å². The first kappa shape index (κ1) is 23.9.